The van der Waals surface area contributed by atoms with Crippen molar-refractivity contribution < 1.29 is 5.11 Å². The number of imidazole rings is 1. The van der Waals surface area contributed by atoms with E-state index in [0.717, 1.165) is 11.3 Å². The summed E-state index contributed by atoms with van der Waals surface area (Å²) in [5.41, 5.74) is 1.99. The molecule has 0 amide bonds. The fourth-order valence-electron chi connectivity index (χ4n) is 2.27. The number of benzene rings is 1. The average molecular weight is 329 g/mol. The number of hydrogen-bond donors (Lipinski definition) is 1. The molecule has 3 aromatic rings. The monoisotopic (exact) mass is 328 g/mol. The van der Waals surface area contributed by atoms with Gasteiger partial charge in [0.1, 0.15) is 11.4 Å². The molecule has 0 aliphatic heterocycles. The second kappa shape index (κ2) is 5.66. The Morgan fingerprint density at radius 2 is 1.91 bits per heavy atom. The lowest BCUT2D eigenvalue weighted by atomic mass is 9.92. The number of fused-ring (bicyclic) bond motifs is 1. The van der Waals surface area contributed by atoms with Crippen LogP contribution in [0.3, 0.4) is 0 Å². The highest BCUT2D eigenvalue weighted by molar-refractivity contribution is 6.30. The van der Waals surface area contributed by atoms with Crippen molar-refractivity contribution in [3.63, 3.8) is 0 Å². The molecule has 0 spiro atoms. The number of azo groups is 1. The Morgan fingerprint density at radius 1 is 1.13 bits per heavy atom. The molecule has 5 nitrogen and oxygen atoms in total. The van der Waals surface area contributed by atoms with Gasteiger partial charge in [-0.1, -0.05) is 38.4 Å². The zero-order chi connectivity index (χ0) is 16.6. The maximum absolute atomic E-state index is 9.53. The first kappa shape index (κ1) is 15.5. The van der Waals surface area contributed by atoms with E-state index < -0.39 is 0 Å². The van der Waals surface area contributed by atoms with Gasteiger partial charge in [-0.05, 0) is 24.3 Å². The Morgan fingerprint density at radius 3 is 2.61 bits per heavy atom. The summed E-state index contributed by atoms with van der Waals surface area (Å²) >= 11 is 6.10. The molecule has 1 aromatic carbocycles. The number of phenols is 1. The number of rotatable bonds is 2. The number of phenolic OH excluding ortho intramolecular Hbond substituents is 1. The minimum Gasteiger partial charge on any atom is -0.508 e. The molecule has 0 fully saturated rings. The molecule has 2 aromatic heterocycles. The molecule has 1 N–H and O–H groups in total. The molecule has 0 aliphatic rings. The van der Waals surface area contributed by atoms with Gasteiger partial charge < -0.3 is 5.11 Å². The van der Waals surface area contributed by atoms with Crippen LogP contribution in [0.1, 0.15) is 26.5 Å². The molecular weight excluding hydrogens is 312 g/mol. The lowest BCUT2D eigenvalue weighted by molar-refractivity contribution is 0.475. The highest BCUT2D eigenvalue weighted by atomic mass is 35.5. The SMILES string of the molecule is CC(C)(C)c1nc2ccc(Cl)cn2c1N=Nc1cccc(O)c1. The van der Waals surface area contributed by atoms with Crippen LogP contribution in [0.2, 0.25) is 5.02 Å². The van der Waals surface area contributed by atoms with E-state index in [2.05, 4.69) is 36.0 Å². The van der Waals surface area contributed by atoms with E-state index in [4.69, 9.17) is 11.6 Å². The first-order valence-electron chi connectivity index (χ1n) is 7.23. The fraction of sp³-hybridized carbons (Fsp3) is 0.235. The van der Waals surface area contributed by atoms with Crippen LogP contribution in [0, 0.1) is 0 Å². The Labute approximate surface area is 139 Å². The summed E-state index contributed by atoms with van der Waals surface area (Å²) in [5, 5.41) is 18.7. The normalized spacial score (nSPS) is 12.3. The van der Waals surface area contributed by atoms with Crippen LogP contribution in [0.25, 0.3) is 5.65 Å². The van der Waals surface area contributed by atoms with E-state index in [0.29, 0.717) is 16.5 Å². The summed E-state index contributed by atoms with van der Waals surface area (Å²) in [4.78, 5) is 4.66. The highest BCUT2D eigenvalue weighted by Crippen LogP contribution is 2.34. The molecule has 3 rings (SSSR count). The molecule has 0 aliphatic carbocycles. The van der Waals surface area contributed by atoms with Gasteiger partial charge in [-0.15, -0.1) is 10.2 Å². The third kappa shape index (κ3) is 3.19. The first-order valence-corrected chi connectivity index (χ1v) is 7.61. The second-order valence-electron chi connectivity index (χ2n) is 6.33. The van der Waals surface area contributed by atoms with E-state index in [1.54, 1.807) is 36.5 Å². The molecule has 6 heteroatoms. The van der Waals surface area contributed by atoms with Crippen LogP contribution in [-0.4, -0.2) is 14.5 Å². The van der Waals surface area contributed by atoms with Gasteiger partial charge in [0, 0.05) is 17.7 Å². The molecule has 0 saturated carbocycles. The maximum Gasteiger partial charge on any atom is 0.183 e. The maximum atomic E-state index is 9.53. The van der Waals surface area contributed by atoms with Gasteiger partial charge in [-0.2, -0.15) is 0 Å². The number of aromatic nitrogens is 2. The Kier molecular flexibility index (Phi) is 3.82. The van der Waals surface area contributed by atoms with Gasteiger partial charge in [0.15, 0.2) is 5.82 Å². The van der Waals surface area contributed by atoms with Gasteiger partial charge in [0.2, 0.25) is 0 Å². The van der Waals surface area contributed by atoms with Crippen molar-refractivity contribution >= 4 is 28.8 Å². The summed E-state index contributed by atoms with van der Waals surface area (Å²) in [6.45, 7) is 6.22. The highest BCUT2D eigenvalue weighted by Gasteiger charge is 2.24. The number of nitrogens with zero attached hydrogens (tertiary/aromatic N) is 4. The quantitative estimate of drug-likeness (QED) is 0.639. The van der Waals surface area contributed by atoms with Crippen molar-refractivity contribution in [2.24, 2.45) is 10.2 Å². The van der Waals surface area contributed by atoms with Gasteiger partial charge in [-0.3, -0.25) is 4.40 Å². The number of halogens is 1. The van der Waals surface area contributed by atoms with Gasteiger partial charge in [-0.25, -0.2) is 4.98 Å². The van der Waals surface area contributed by atoms with Crippen LogP contribution in [-0.2, 0) is 5.41 Å². The topological polar surface area (TPSA) is 62.2 Å². The van der Waals surface area contributed by atoms with Crippen molar-refractivity contribution in [3.8, 4) is 5.75 Å². The average Bonchev–Trinajstić information content (AvgIpc) is 2.83. The smallest absolute Gasteiger partial charge is 0.183 e. The Hall–Kier alpha value is -2.40. The zero-order valence-electron chi connectivity index (χ0n) is 13.2. The fourth-order valence-corrected chi connectivity index (χ4v) is 2.43. The predicted molar refractivity (Wildman–Crippen MR) is 91.2 cm³/mol. The predicted octanol–water partition coefficient (Wildman–Crippen LogP) is 5.41. The molecule has 118 valence electrons. The molecular formula is C17H17ClN4O. The summed E-state index contributed by atoms with van der Waals surface area (Å²) < 4.78 is 1.83. The number of pyridine rings is 1. The van der Waals surface area contributed by atoms with Crippen molar-refractivity contribution in [2.45, 2.75) is 26.2 Å². The minimum atomic E-state index is -0.189. The third-order valence-corrected chi connectivity index (χ3v) is 3.58. The molecule has 0 radical (unpaired) electrons. The Balaban J connectivity index is 2.16. The lowest BCUT2D eigenvalue weighted by Crippen LogP contribution is -2.11. The lowest BCUT2D eigenvalue weighted by Gasteiger charge is -2.15. The summed E-state index contributed by atoms with van der Waals surface area (Å²) in [6, 6.07) is 10.3. The van der Waals surface area contributed by atoms with E-state index >= 15 is 0 Å². The first-order chi connectivity index (χ1) is 10.8. The van der Waals surface area contributed by atoms with Gasteiger partial charge in [0.25, 0.3) is 0 Å². The van der Waals surface area contributed by atoms with E-state index in [9.17, 15) is 5.11 Å². The van der Waals surface area contributed by atoms with Crippen LogP contribution in [0.5, 0.6) is 5.75 Å². The van der Waals surface area contributed by atoms with Crippen LogP contribution < -0.4 is 0 Å². The summed E-state index contributed by atoms with van der Waals surface area (Å²) in [5.74, 6) is 0.789. The molecule has 0 saturated heterocycles. The number of hydrogen-bond acceptors (Lipinski definition) is 4. The zero-order valence-corrected chi connectivity index (χ0v) is 13.9. The van der Waals surface area contributed by atoms with Crippen LogP contribution >= 0.6 is 11.6 Å². The van der Waals surface area contributed by atoms with Crippen molar-refractivity contribution in [1.29, 1.82) is 0 Å². The van der Waals surface area contributed by atoms with Gasteiger partial charge >= 0.3 is 0 Å². The number of aromatic hydroxyl groups is 1. The molecule has 2 heterocycles. The Bertz CT molecular complexity index is 893. The van der Waals surface area contributed by atoms with E-state index in [1.165, 1.54) is 0 Å². The van der Waals surface area contributed by atoms with Crippen molar-refractivity contribution in [3.05, 3.63) is 53.3 Å². The molecule has 0 unspecified atom stereocenters. The van der Waals surface area contributed by atoms with Gasteiger partial charge in [0.05, 0.1) is 16.4 Å². The largest absolute Gasteiger partial charge is 0.508 e. The third-order valence-electron chi connectivity index (χ3n) is 3.36. The van der Waals surface area contributed by atoms with E-state index in [-0.39, 0.29) is 11.2 Å². The summed E-state index contributed by atoms with van der Waals surface area (Å²) in [6.07, 6.45) is 1.77. The minimum absolute atomic E-state index is 0.152. The second-order valence-corrected chi connectivity index (χ2v) is 6.77. The summed E-state index contributed by atoms with van der Waals surface area (Å²) in [7, 11) is 0. The molecule has 23 heavy (non-hydrogen) atoms. The van der Waals surface area contributed by atoms with Crippen molar-refractivity contribution in [1.82, 2.24) is 9.38 Å². The van der Waals surface area contributed by atoms with Crippen LogP contribution in [0.4, 0.5) is 11.5 Å². The van der Waals surface area contributed by atoms with E-state index in [1.807, 2.05) is 10.5 Å². The van der Waals surface area contributed by atoms with Crippen LogP contribution in [0.15, 0.2) is 52.8 Å². The molecule has 0 atom stereocenters. The van der Waals surface area contributed by atoms with Crippen molar-refractivity contribution in [2.75, 3.05) is 0 Å². The molecule has 0 bridgehead atoms. The standard InChI is InChI=1S/C17H17ClN4O/c1-17(2,3)15-16(21-20-12-5-4-6-13(23)9-12)22-10-11(18)7-8-14(22)19-15/h4-10,23H,1-3H3.